The zero-order chi connectivity index (χ0) is 12.1. The molecule has 2 N–H and O–H groups in total. The fourth-order valence-corrected chi connectivity index (χ4v) is 1.94. The van der Waals surface area contributed by atoms with Crippen molar-refractivity contribution >= 4 is 6.09 Å². The van der Waals surface area contributed by atoms with Gasteiger partial charge in [0, 0.05) is 13.1 Å². The van der Waals surface area contributed by atoms with E-state index in [0.717, 1.165) is 24.9 Å². The number of cyclic esters (lactones) is 1. The van der Waals surface area contributed by atoms with Crippen molar-refractivity contribution in [2.24, 2.45) is 5.73 Å². The number of nitrogens with zero attached hydrogens (tertiary/aromatic N) is 1. The number of hydrogen-bond acceptors (Lipinski definition) is 3. The number of ether oxygens (including phenoxy) is 1. The van der Waals surface area contributed by atoms with Gasteiger partial charge in [0.2, 0.25) is 0 Å². The molecule has 17 heavy (non-hydrogen) atoms. The predicted octanol–water partition coefficient (Wildman–Crippen LogP) is 1.53. The van der Waals surface area contributed by atoms with Gasteiger partial charge in [0.25, 0.3) is 0 Å². The summed E-state index contributed by atoms with van der Waals surface area (Å²) < 4.78 is 5.00. The van der Waals surface area contributed by atoms with Gasteiger partial charge in [0.15, 0.2) is 0 Å². The van der Waals surface area contributed by atoms with Crippen molar-refractivity contribution in [3.05, 3.63) is 35.4 Å². The second-order valence-corrected chi connectivity index (χ2v) is 4.24. The number of amides is 1. The summed E-state index contributed by atoms with van der Waals surface area (Å²) in [4.78, 5) is 13.2. The lowest BCUT2D eigenvalue weighted by atomic mass is 10.1. The van der Waals surface area contributed by atoms with E-state index in [4.69, 9.17) is 10.5 Å². The molecule has 0 aliphatic carbocycles. The number of carbonyl (C=O) groups excluding carboxylic acids is 1. The van der Waals surface area contributed by atoms with Gasteiger partial charge in [-0.1, -0.05) is 24.3 Å². The lowest BCUT2D eigenvalue weighted by Crippen LogP contribution is -2.37. The average Bonchev–Trinajstić information content (AvgIpc) is 2.35. The number of rotatable bonds is 4. The van der Waals surface area contributed by atoms with Crippen molar-refractivity contribution in [2.75, 3.05) is 19.7 Å². The highest BCUT2D eigenvalue weighted by atomic mass is 16.6. The molecule has 1 fully saturated rings. The molecule has 1 heterocycles. The molecule has 1 saturated heterocycles. The summed E-state index contributed by atoms with van der Waals surface area (Å²) in [5, 5.41) is 0. The zero-order valence-corrected chi connectivity index (χ0v) is 9.89. The molecule has 92 valence electrons. The van der Waals surface area contributed by atoms with E-state index in [9.17, 15) is 4.79 Å². The summed E-state index contributed by atoms with van der Waals surface area (Å²) >= 11 is 0. The first kappa shape index (κ1) is 11.9. The molecule has 1 aromatic carbocycles. The molecule has 1 aliphatic heterocycles. The Morgan fingerprint density at radius 1 is 1.24 bits per heavy atom. The van der Waals surface area contributed by atoms with Gasteiger partial charge in [-0.3, -0.25) is 0 Å². The van der Waals surface area contributed by atoms with E-state index in [-0.39, 0.29) is 6.09 Å². The lowest BCUT2D eigenvalue weighted by molar-refractivity contribution is 0.0700. The lowest BCUT2D eigenvalue weighted by Gasteiger charge is -2.26. The largest absolute Gasteiger partial charge is 0.449 e. The Kier molecular flexibility index (Phi) is 3.98. The van der Waals surface area contributed by atoms with Crippen LogP contribution in [-0.4, -0.2) is 30.7 Å². The van der Waals surface area contributed by atoms with Crippen LogP contribution in [0, 0.1) is 0 Å². The Morgan fingerprint density at radius 2 is 1.94 bits per heavy atom. The normalized spacial score (nSPS) is 15.8. The Hall–Kier alpha value is -1.55. The third-order valence-electron chi connectivity index (χ3n) is 2.89. The van der Waals surface area contributed by atoms with E-state index in [1.807, 2.05) is 12.1 Å². The number of nitrogens with two attached hydrogens (primary N) is 1. The zero-order valence-electron chi connectivity index (χ0n) is 9.89. The third kappa shape index (κ3) is 3.20. The first-order valence-electron chi connectivity index (χ1n) is 5.99. The number of hydrogen-bond donors (Lipinski definition) is 1. The molecule has 4 heteroatoms. The molecular weight excluding hydrogens is 216 g/mol. The van der Waals surface area contributed by atoms with Crippen LogP contribution in [0.25, 0.3) is 0 Å². The highest BCUT2D eigenvalue weighted by Gasteiger charge is 2.19. The number of carbonyl (C=O) groups is 1. The summed E-state index contributed by atoms with van der Waals surface area (Å²) in [6.07, 6.45) is 1.60. The Balaban J connectivity index is 1.95. The second-order valence-electron chi connectivity index (χ2n) is 4.24. The van der Waals surface area contributed by atoms with Crippen LogP contribution < -0.4 is 5.73 Å². The molecule has 1 aliphatic rings. The van der Waals surface area contributed by atoms with Crippen LogP contribution >= 0.6 is 0 Å². The van der Waals surface area contributed by atoms with Crippen LogP contribution in [0.2, 0.25) is 0 Å². The minimum absolute atomic E-state index is 0.206. The fraction of sp³-hybridized carbons (Fsp3) is 0.462. The summed E-state index contributed by atoms with van der Waals surface area (Å²) in [6.45, 7) is 2.62. The molecule has 0 unspecified atom stereocenters. The number of benzene rings is 1. The summed E-state index contributed by atoms with van der Waals surface area (Å²) in [5.74, 6) is 0. The molecule has 0 radical (unpaired) electrons. The summed E-state index contributed by atoms with van der Waals surface area (Å²) in [7, 11) is 0. The van der Waals surface area contributed by atoms with Gasteiger partial charge in [0.05, 0.1) is 6.61 Å². The van der Waals surface area contributed by atoms with Crippen LogP contribution in [0.3, 0.4) is 0 Å². The van der Waals surface area contributed by atoms with E-state index in [0.29, 0.717) is 19.7 Å². The second kappa shape index (κ2) is 5.68. The highest BCUT2D eigenvalue weighted by Crippen LogP contribution is 2.12. The van der Waals surface area contributed by atoms with E-state index in [1.165, 1.54) is 5.56 Å². The van der Waals surface area contributed by atoms with Crippen molar-refractivity contribution in [3.8, 4) is 0 Å². The SMILES string of the molecule is NCCc1ccc(CN2CCCOC2=O)cc1. The van der Waals surface area contributed by atoms with Gasteiger partial charge in [-0.2, -0.15) is 0 Å². The van der Waals surface area contributed by atoms with Crippen LogP contribution in [0.1, 0.15) is 17.5 Å². The Labute approximate surface area is 101 Å². The maximum Gasteiger partial charge on any atom is 0.410 e. The van der Waals surface area contributed by atoms with Gasteiger partial charge >= 0.3 is 6.09 Å². The Bertz CT molecular complexity index is 376. The maximum absolute atomic E-state index is 11.5. The van der Waals surface area contributed by atoms with Crippen LogP contribution in [0.15, 0.2) is 24.3 Å². The quantitative estimate of drug-likeness (QED) is 0.859. The van der Waals surface area contributed by atoms with Crippen LogP contribution in [0.4, 0.5) is 4.79 Å². The summed E-state index contributed by atoms with van der Waals surface area (Å²) in [6, 6.07) is 8.23. The Morgan fingerprint density at radius 3 is 2.59 bits per heavy atom. The smallest absolute Gasteiger partial charge is 0.410 e. The molecule has 4 nitrogen and oxygen atoms in total. The van der Waals surface area contributed by atoms with Crippen molar-refractivity contribution in [1.82, 2.24) is 4.90 Å². The average molecular weight is 234 g/mol. The first-order valence-corrected chi connectivity index (χ1v) is 5.99. The molecule has 1 aromatic rings. The minimum Gasteiger partial charge on any atom is -0.449 e. The fourth-order valence-electron chi connectivity index (χ4n) is 1.94. The first-order chi connectivity index (χ1) is 8.29. The minimum atomic E-state index is -0.206. The molecule has 0 aromatic heterocycles. The molecule has 0 atom stereocenters. The monoisotopic (exact) mass is 234 g/mol. The molecule has 2 rings (SSSR count). The topological polar surface area (TPSA) is 55.6 Å². The highest BCUT2D eigenvalue weighted by molar-refractivity contribution is 5.68. The van der Waals surface area contributed by atoms with Crippen molar-refractivity contribution in [2.45, 2.75) is 19.4 Å². The van der Waals surface area contributed by atoms with E-state index < -0.39 is 0 Å². The van der Waals surface area contributed by atoms with Crippen LogP contribution in [0.5, 0.6) is 0 Å². The van der Waals surface area contributed by atoms with Crippen LogP contribution in [-0.2, 0) is 17.7 Å². The van der Waals surface area contributed by atoms with Crippen molar-refractivity contribution in [1.29, 1.82) is 0 Å². The maximum atomic E-state index is 11.5. The molecule has 0 saturated carbocycles. The van der Waals surface area contributed by atoms with Gasteiger partial charge in [0.1, 0.15) is 0 Å². The van der Waals surface area contributed by atoms with E-state index in [1.54, 1.807) is 4.90 Å². The van der Waals surface area contributed by atoms with Gasteiger partial charge in [-0.05, 0) is 30.5 Å². The van der Waals surface area contributed by atoms with E-state index in [2.05, 4.69) is 12.1 Å². The molecule has 0 spiro atoms. The third-order valence-corrected chi connectivity index (χ3v) is 2.89. The molecule has 0 bridgehead atoms. The van der Waals surface area contributed by atoms with Gasteiger partial charge in [-0.15, -0.1) is 0 Å². The van der Waals surface area contributed by atoms with Gasteiger partial charge < -0.3 is 15.4 Å². The standard InChI is InChI=1S/C13H18N2O2/c14-7-6-11-2-4-12(5-3-11)10-15-8-1-9-17-13(15)16/h2-5H,1,6-10,14H2. The molecular formula is C13H18N2O2. The van der Waals surface area contributed by atoms with Crippen molar-refractivity contribution in [3.63, 3.8) is 0 Å². The predicted molar refractivity (Wildman–Crippen MR) is 65.6 cm³/mol. The van der Waals surface area contributed by atoms with Crippen molar-refractivity contribution < 1.29 is 9.53 Å². The molecule has 1 amide bonds. The van der Waals surface area contributed by atoms with Gasteiger partial charge in [-0.25, -0.2) is 4.79 Å². The van der Waals surface area contributed by atoms with E-state index >= 15 is 0 Å². The summed E-state index contributed by atoms with van der Waals surface area (Å²) in [5.41, 5.74) is 7.86.